The summed E-state index contributed by atoms with van der Waals surface area (Å²) in [6, 6.07) is 7.99. The van der Waals surface area contributed by atoms with Gasteiger partial charge in [0.1, 0.15) is 11.6 Å². The third kappa shape index (κ3) is 5.12. The zero-order chi connectivity index (χ0) is 21.1. The van der Waals surface area contributed by atoms with Crippen LogP contribution in [-0.2, 0) is 4.79 Å². The summed E-state index contributed by atoms with van der Waals surface area (Å²) in [6.45, 7) is 15.7. The number of nitrogens with one attached hydrogen (secondary N) is 1. The maximum absolute atomic E-state index is 12.8. The molecule has 2 heterocycles. The van der Waals surface area contributed by atoms with Gasteiger partial charge in [-0.25, -0.2) is 9.97 Å². The molecule has 0 aliphatic carbocycles. The number of nitrogens with zero attached hydrogens (tertiary/aromatic N) is 4. The van der Waals surface area contributed by atoms with Crippen molar-refractivity contribution in [3.8, 4) is 0 Å². The van der Waals surface area contributed by atoms with E-state index in [1.54, 1.807) is 0 Å². The lowest BCUT2D eigenvalue weighted by molar-refractivity contribution is -0.120. The van der Waals surface area contributed by atoms with Gasteiger partial charge in [0.2, 0.25) is 5.91 Å². The molecule has 1 aliphatic heterocycles. The van der Waals surface area contributed by atoms with Crippen molar-refractivity contribution < 1.29 is 4.79 Å². The van der Waals surface area contributed by atoms with Crippen LogP contribution in [0.15, 0.2) is 24.3 Å². The zero-order valence-corrected chi connectivity index (χ0v) is 18.5. The van der Waals surface area contributed by atoms with Crippen LogP contribution < -0.4 is 10.2 Å². The van der Waals surface area contributed by atoms with Crippen LogP contribution >= 0.6 is 0 Å². The highest BCUT2D eigenvalue weighted by molar-refractivity contribution is 5.95. The van der Waals surface area contributed by atoms with Gasteiger partial charge in [0.25, 0.3) is 0 Å². The number of hydrogen-bond acceptors (Lipinski definition) is 5. The van der Waals surface area contributed by atoms with E-state index in [0.717, 1.165) is 54.8 Å². The molecule has 0 spiro atoms. The molecule has 29 heavy (non-hydrogen) atoms. The van der Waals surface area contributed by atoms with Crippen molar-refractivity contribution in [3.63, 3.8) is 0 Å². The smallest absolute Gasteiger partial charge is 0.241 e. The molecule has 1 unspecified atom stereocenters. The number of aromatic nitrogens is 2. The number of hydrogen-bond donors (Lipinski definition) is 1. The van der Waals surface area contributed by atoms with Gasteiger partial charge in [-0.2, -0.15) is 0 Å². The van der Waals surface area contributed by atoms with Crippen LogP contribution in [0.5, 0.6) is 0 Å². The molecule has 0 saturated carbocycles. The lowest BCUT2D eigenvalue weighted by atomic mass is 10.1. The Bertz CT molecular complexity index is 872. The molecule has 1 atom stereocenters. The van der Waals surface area contributed by atoms with E-state index in [1.807, 2.05) is 32.9 Å². The Morgan fingerprint density at radius 1 is 1.00 bits per heavy atom. The van der Waals surface area contributed by atoms with Gasteiger partial charge in [-0.3, -0.25) is 9.69 Å². The number of rotatable bonds is 5. The Balaban J connectivity index is 1.60. The highest BCUT2D eigenvalue weighted by Gasteiger charge is 2.26. The van der Waals surface area contributed by atoms with E-state index >= 15 is 0 Å². The van der Waals surface area contributed by atoms with E-state index in [9.17, 15) is 4.79 Å². The average molecular weight is 396 g/mol. The van der Waals surface area contributed by atoms with Crippen molar-refractivity contribution in [1.29, 1.82) is 0 Å². The maximum atomic E-state index is 12.8. The number of benzene rings is 1. The van der Waals surface area contributed by atoms with E-state index < -0.39 is 0 Å². The minimum absolute atomic E-state index is 0.0466. The number of aryl methyl sites for hydroxylation is 3. The summed E-state index contributed by atoms with van der Waals surface area (Å²) in [5, 5.41) is 3.09. The molecule has 1 fully saturated rings. The monoisotopic (exact) mass is 395 g/mol. The van der Waals surface area contributed by atoms with Crippen LogP contribution in [0.2, 0.25) is 0 Å². The summed E-state index contributed by atoms with van der Waals surface area (Å²) in [4.78, 5) is 26.6. The third-order valence-corrected chi connectivity index (χ3v) is 5.58. The predicted molar refractivity (Wildman–Crippen MR) is 119 cm³/mol. The molecule has 1 aromatic carbocycles. The van der Waals surface area contributed by atoms with E-state index in [-0.39, 0.29) is 11.9 Å². The lowest BCUT2D eigenvalue weighted by Gasteiger charge is -2.38. The second kappa shape index (κ2) is 8.91. The molecule has 1 aromatic heterocycles. The van der Waals surface area contributed by atoms with Crippen LogP contribution in [0.25, 0.3) is 0 Å². The fourth-order valence-electron chi connectivity index (χ4n) is 3.69. The number of carbonyl (C=O) groups excluding carboxylic acids is 1. The SMILES string of the molecule is Cc1ccc(NC(=O)C(C)N2CCN(c3cc(C)nc(C(C)C)n3)CC2)c(C)c1. The molecule has 1 saturated heterocycles. The van der Waals surface area contributed by atoms with E-state index in [1.165, 1.54) is 5.56 Å². The second-order valence-corrected chi connectivity index (χ2v) is 8.39. The lowest BCUT2D eigenvalue weighted by Crippen LogP contribution is -2.53. The number of piperazine rings is 1. The molecule has 0 bridgehead atoms. The summed E-state index contributed by atoms with van der Waals surface area (Å²) in [5.41, 5.74) is 4.19. The molecule has 1 N–H and O–H groups in total. The van der Waals surface area contributed by atoms with Gasteiger partial charge in [0.05, 0.1) is 6.04 Å². The second-order valence-electron chi connectivity index (χ2n) is 8.39. The molecular formula is C23H33N5O. The highest BCUT2D eigenvalue weighted by atomic mass is 16.2. The molecule has 1 aliphatic rings. The summed E-state index contributed by atoms with van der Waals surface area (Å²) >= 11 is 0. The molecule has 0 radical (unpaired) electrons. The quantitative estimate of drug-likeness (QED) is 0.837. The molecular weight excluding hydrogens is 362 g/mol. The summed E-state index contributed by atoms with van der Waals surface area (Å²) in [5.74, 6) is 2.24. The van der Waals surface area contributed by atoms with Crippen molar-refractivity contribution in [2.75, 3.05) is 36.4 Å². The number of anilines is 2. The minimum atomic E-state index is -0.170. The van der Waals surface area contributed by atoms with Crippen LogP contribution in [0.4, 0.5) is 11.5 Å². The van der Waals surface area contributed by atoms with Crippen LogP contribution in [0.3, 0.4) is 0 Å². The van der Waals surface area contributed by atoms with Gasteiger partial charge in [0.15, 0.2) is 0 Å². The van der Waals surface area contributed by atoms with Gasteiger partial charge >= 0.3 is 0 Å². The van der Waals surface area contributed by atoms with Crippen molar-refractivity contribution in [2.24, 2.45) is 0 Å². The highest BCUT2D eigenvalue weighted by Crippen LogP contribution is 2.20. The Morgan fingerprint density at radius 2 is 1.69 bits per heavy atom. The van der Waals surface area contributed by atoms with Crippen molar-refractivity contribution in [2.45, 2.75) is 53.5 Å². The van der Waals surface area contributed by atoms with Gasteiger partial charge < -0.3 is 10.2 Å². The molecule has 6 heteroatoms. The standard InChI is InChI=1S/C23H33N5O/c1-15(2)22-24-18(5)14-21(26-22)28-11-9-27(10-12-28)19(6)23(29)25-20-8-7-16(3)13-17(20)4/h7-8,13-15,19H,9-12H2,1-6H3,(H,25,29). The van der Waals surface area contributed by atoms with Gasteiger partial charge in [-0.05, 0) is 39.3 Å². The van der Waals surface area contributed by atoms with Gasteiger partial charge in [-0.1, -0.05) is 31.5 Å². The van der Waals surface area contributed by atoms with Crippen LogP contribution in [0, 0.1) is 20.8 Å². The fraction of sp³-hybridized carbons (Fsp3) is 0.522. The fourth-order valence-corrected chi connectivity index (χ4v) is 3.69. The molecule has 1 amide bonds. The molecule has 6 nitrogen and oxygen atoms in total. The first-order valence-corrected chi connectivity index (χ1v) is 10.5. The van der Waals surface area contributed by atoms with Gasteiger partial charge in [0, 0.05) is 49.5 Å². The number of carbonyl (C=O) groups is 1. The summed E-state index contributed by atoms with van der Waals surface area (Å²) in [6.07, 6.45) is 0. The molecule has 3 rings (SSSR count). The summed E-state index contributed by atoms with van der Waals surface area (Å²) in [7, 11) is 0. The van der Waals surface area contributed by atoms with E-state index in [4.69, 9.17) is 4.98 Å². The maximum Gasteiger partial charge on any atom is 0.241 e. The Labute approximate surface area is 174 Å². The molecule has 2 aromatic rings. The average Bonchev–Trinajstić information content (AvgIpc) is 2.69. The Morgan fingerprint density at radius 3 is 2.31 bits per heavy atom. The van der Waals surface area contributed by atoms with E-state index in [2.05, 4.69) is 53.0 Å². The van der Waals surface area contributed by atoms with Crippen LogP contribution in [-0.4, -0.2) is 53.0 Å². The van der Waals surface area contributed by atoms with E-state index in [0.29, 0.717) is 5.92 Å². The first kappa shape index (κ1) is 21.2. The normalized spacial score (nSPS) is 16.2. The largest absolute Gasteiger partial charge is 0.354 e. The first-order chi connectivity index (χ1) is 13.7. The predicted octanol–water partition coefficient (Wildman–Crippen LogP) is 3.67. The van der Waals surface area contributed by atoms with Crippen molar-refractivity contribution >= 4 is 17.4 Å². The topological polar surface area (TPSA) is 61.4 Å². The van der Waals surface area contributed by atoms with Crippen LogP contribution in [0.1, 0.15) is 49.3 Å². The van der Waals surface area contributed by atoms with Gasteiger partial charge in [-0.15, -0.1) is 0 Å². The zero-order valence-electron chi connectivity index (χ0n) is 18.5. The Hall–Kier alpha value is -2.47. The Kier molecular flexibility index (Phi) is 6.52. The first-order valence-electron chi connectivity index (χ1n) is 10.5. The third-order valence-electron chi connectivity index (χ3n) is 5.58. The summed E-state index contributed by atoms with van der Waals surface area (Å²) < 4.78 is 0. The minimum Gasteiger partial charge on any atom is -0.354 e. The number of amides is 1. The van der Waals surface area contributed by atoms with Crippen molar-refractivity contribution in [3.05, 3.63) is 46.9 Å². The van der Waals surface area contributed by atoms with Crippen molar-refractivity contribution in [1.82, 2.24) is 14.9 Å². The molecule has 156 valence electrons.